The second-order valence-electron chi connectivity index (χ2n) is 4.38. The van der Waals surface area contributed by atoms with Crippen LogP contribution in [0.3, 0.4) is 0 Å². The summed E-state index contributed by atoms with van der Waals surface area (Å²) in [5.74, 6) is 0.195. The molecule has 3 nitrogen and oxygen atoms in total. The van der Waals surface area contributed by atoms with Gasteiger partial charge in [-0.2, -0.15) is 0 Å². The van der Waals surface area contributed by atoms with Crippen LogP contribution in [-0.2, 0) is 0 Å². The van der Waals surface area contributed by atoms with Gasteiger partial charge >= 0.3 is 0 Å². The first-order valence-electron chi connectivity index (χ1n) is 6.03. The number of benzene rings is 2. The highest BCUT2D eigenvalue weighted by Gasteiger charge is 2.20. The lowest BCUT2D eigenvalue weighted by atomic mass is 10.0. The molecule has 2 N–H and O–H groups in total. The molecule has 0 atom stereocenters. The van der Waals surface area contributed by atoms with Gasteiger partial charge in [-0.05, 0) is 40.2 Å². The van der Waals surface area contributed by atoms with Gasteiger partial charge in [0.1, 0.15) is 5.82 Å². The van der Waals surface area contributed by atoms with Crippen molar-refractivity contribution in [3.05, 3.63) is 57.8 Å². The standard InChI is InChI=1S/C15H9BrClFN2O/c16-10-6-5-8(7-12(10)18)14-13(15(19)20-21-14)9-3-1-2-4-11(9)17/h1-7H,(H2,19,20). The van der Waals surface area contributed by atoms with Gasteiger partial charge in [0.2, 0.25) is 0 Å². The van der Waals surface area contributed by atoms with Gasteiger partial charge in [0, 0.05) is 16.1 Å². The summed E-state index contributed by atoms with van der Waals surface area (Å²) in [6.45, 7) is 0. The number of nitrogen functional groups attached to an aromatic ring is 1. The maximum Gasteiger partial charge on any atom is 0.177 e. The smallest absolute Gasteiger partial charge is 0.177 e. The zero-order valence-electron chi connectivity index (χ0n) is 10.6. The number of hydrogen-bond donors (Lipinski definition) is 1. The zero-order valence-corrected chi connectivity index (χ0v) is 13.0. The fraction of sp³-hybridized carbons (Fsp3) is 0. The molecule has 0 aliphatic carbocycles. The Morgan fingerprint density at radius 3 is 2.67 bits per heavy atom. The lowest BCUT2D eigenvalue weighted by Gasteiger charge is -2.05. The third-order valence-electron chi connectivity index (χ3n) is 3.04. The average molecular weight is 368 g/mol. The summed E-state index contributed by atoms with van der Waals surface area (Å²) >= 11 is 9.31. The summed E-state index contributed by atoms with van der Waals surface area (Å²) in [6.07, 6.45) is 0. The van der Waals surface area contributed by atoms with E-state index in [2.05, 4.69) is 21.1 Å². The Hall–Kier alpha value is -1.85. The first kappa shape index (κ1) is 14.1. The highest BCUT2D eigenvalue weighted by Crippen LogP contribution is 2.40. The van der Waals surface area contributed by atoms with Crippen LogP contribution >= 0.6 is 27.5 Å². The Morgan fingerprint density at radius 1 is 1.19 bits per heavy atom. The van der Waals surface area contributed by atoms with Crippen molar-refractivity contribution in [2.24, 2.45) is 0 Å². The van der Waals surface area contributed by atoms with Crippen molar-refractivity contribution in [2.45, 2.75) is 0 Å². The molecule has 2 aromatic carbocycles. The van der Waals surface area contributed by atoms with Crippen molar-refractivity contribution >= 4 is 33.3 Å². The molecule has 106 valence electrons. The van der Waals surface area contributed by atoms with E-state index >= 15 is 0 Å². The fourth-order valence-electron chi connectivity index (χ4n) is 2.06. The minimum Gasteiger partial charge on any atom is -0.380 e. The molecule has 3 aromatic rings. The Balaban J connectivity index is 2.22. The Labute approximate surface area is 133 Å². The minimum atomic E-state index is -0.396. The highest BCUT2D eigenvalue weighted by atomic mass is 79.9. The van der Waals surface area contributed by atoms with Crippen LogP contribution in [0.4, 0.5) is 10.2 Å². The molecule has 0 fully saturated rings. The molecule has 0 unspecified atom stereocenters. The molecular weight excluding hydrogens is 359 g/mol. The number of nitrogens with zero attached hydrogens (tertiary/aromatic N) is 1. The summed E-state index contributed by atoms with van der Waals surface area (Å²) in [4.78, 5) is 0. The summed E-state index contributed by atoms with van der Waals surface area (Å²) in [5.41, 5.74) is 7.67. The van der Waals surface area contributed by atoms with Gasteiger partial charge in [-0.1, -0.05) is 35.0 Å². The summed E-state index contributed by atoms with van der Waals surface area (Å²) in [7, 11) is 0. The minimum absolute atomic E-state index is 0.210. The van der Waals surface area contributed by atoms with Crippen LogP contribution in [-0.4, -0.2) is 5.16 Å². The lowest BCUT2D eigenvalue weighted by molar-refractivity contribution is 0.436. The van der Waals surface area contributed by atoms with E-state index in [1.165, 1.54) is 6.07 Å². The van der Waals surface area contributed by atoms with Gasteiger partial charge in [0.05, 0.1) is 10.0 Å². The summed E-state index contributed by atoms with van der Waals surface area (Å²) in [6, 6.07) is 11.9. The molecule has 3 rings (SSSR count). The molecule has 0 saturated heterocycles. The monoisotopic (exact) mass is 366 g/mol. The predicted octanol–water partition coefficient (Wildman–Crippen LogP) is 5.15. The van der Waals surface area contributed by atoms with E-state index in [4.69, 9.17) is 21.9 Å². The zero-order chi connectivity index (χ0) is 15.0. The topological polar surface area (TPSA) is 52.0 Å². The SMILES string of the molecule is Nc1noc(-c2ccc(Br)c(F)c2)c1-c1ccccc1Cl. The summed E-state index contributed by atoms with van der Waals surface area (Å²) in [5, 5.41) is 4.29. The van der Waals surface area contributed by atoms with Crippen LogP contribution in [0, 0.1) is 5.82 Å². The van der Waals surface area contributed by atoms with Crippen LogP contribution in [0.2, 0.25) is 5.02 Å². The fourth-order valence-corrected chi connectivity index (χ4v) is 2.54. The normalized spacial score (nSPS) is 10.8. The Bertz CT molecular complexity index is 819. The second kappa shape index (κ2) is 5.50. The Kier molecular flexibility index (Phi) is 3.69. The van der Waals surface area contributed by atoms with Gasteiger partial charge in [0.15, 0.2) is 11.6 Å². The van der Waals surface area contributed by atoms with E-state index in [9.17, 15) is 4.39 Å². The molecule has 0 aliphatic rings. The van der Waals surface area contributed by atoms with E-state index < -0.39 is 5.82 Å². The summed E-state index contributed by atoms with van der Waals surface area (Å²) < 4.78 is 19.4. The first-order chi connectivity index (χ1) is 10.1. The first-order valence-corrected chi connectivity index (χ1v) is 7.20. The maximum absolute atomic E-state index is 13.7. The molecular formula is C15H9BrClFN2O. The maximum atomic E-state index is 13.7. The van der Waals surface area contributed by atoms with E-state index in [-0.39, 0.29) is 5.82 Å². The van der Waals surface area contributed by atoms with Gasteiger partial charge in [-0.25, -0.2) is 4.39 Å². The molecule has 0 saturated carbocycles. The van der Waals surface area contributed by atoms with Crippen molar-refractivity contribution in [3.8, 4) is 22.5 Å². The average Bonchev–Trinajstić information content (AvgIpc) is 2.84. The van der Waals surface area contributed by atoms with E-state index in [0.29, 0.717) is 31.9 Å². The number of rotatable bonds is 2. The van der Waals surface area contributed by atoms with Crippen LogP contribution in [0.1, 0.15) is 0 Å². The van der Waals surface area contributed by atoms with Crippen molar-refractivity contribution in [3.63, 3.8) is 0 Å². The largest absolute Gasteiger partial charge is 0.380 e. The number of anilines is 1. The van der Waals surface area contributed by atoms with E-state index in [1.807, 2.05) is 18.2 Å². The van der Waals surface area contributed by atoms with Crippen LogP contribution in [0.15, 0.2) is 51.5 Å². The van der Waals surface area contributed by atoms with E-state index in [0.717, 1.165) is 0 Å². The highest BCUT2D eigenvalue weighted by molar-refractivity contribution is 9.10. The van der Waals surface area contributed by atoms with Gasteiger partial charge < -0.3 is 10.3 Å². The number of halogens is 3. The third-order valence-corrected chi connectivity index (χ3v) is 4.02. The molecule has 1 aromatic heterocycles. The number of hydrogen-bond acceptors (Lipinski definition) is 3. The van der Waals surface area contributed by atoms with Gasteiger partial charge in [-0.3, -0.25) is 0 Å². The number of aromatic nitrogens is 1. The van der Waals surface area contributed by atoms with E-state index in [1.54, 1.807) is 18.2 Å². The van der Waals surface area contributed by atoms with Crippen molar-refractivity contribution in [2.75, 3.05) is 5.73 Å². The third kappa shape index (κ3) is 2.54. The van der Waals surface area contributed by atoms with Crippen LogP contribution < -0.4 is 5.73 Å². The molecule has 0 radical (unpaired) electrons. The van der Waals surface area contributed by atoms with Gasteiger partial charge in [0.25, 0.3) is 0 Å². The number of nitrogens with two attached hydrogens (primary N) is 1. The van der Waals surface area contributed by atoms with Crippen molar-refractivity contribution in [1.82, 2.24) is 5.16 Å². The molecule has 0 spiro atoms. The second-order valence-corrected chi connectivity index (χ2v) is 5.64. The van der Waals surface area contributed by atoms with Crippen LogP contribution in [0.5, 0.6) is 0 Å². The van der Waals surface area contributed by atoms with Crippen molar-refractivity contribution in [1.29, 1.82) is 0 Å². The quantitative estimate of drug-likeness (QED) is 0.682. The molecule has 0 aliphatic heterocycles. The molecule has 1 heterocycles. The molecule has 6 heteroatoms. The lowest BCUT2D eigenvalue weighted by Crippen LogP contribution is -1.90. The van der Waals surface area contributed by atoms with Crippen molar-refractivity contribution < 1.29 is 8.91 Å². The molecule has 0 bridgehead atoms. The van der Waals surface area contributed by atoms with Crippen LogP contribution in [0.25, 0.3) is 22.5 Å². The van der Waals surface area contributed by atoms with Gasteiger partial charge in [-0.15, -0.1) is 0 Å². The predicted molar refractivity (Wildman–Crippen MR) is 84.5 cm³/mol. The Morgan fingerprint density at radius 2 is 1.95 bits per heavy atom. The molecule has 21 heavy (non-hydrogen) atoms. The molecule has 0 amide bonds.